The molecular weight excluding hydrogens is 358 g/mol. The molecule has 3 N–H and O–H groups in total. The van der Waals surface area contributed by atoms with Crippen molar-refractivity contribution < 1.29 is 19.1 Å². The molecule has 0 saturated carbocycles. The number of rotatable bonds is 7. The Morgan fingerprint density at radius 2 is 1.89 bits per heavy atom. The Hall–Kier alpha value is -3.45. The van der Waals surface area contributed by atoms with Gasteiger partial charge in [-0.3, -0.25) is 9.78 Å². The summed E-state index contributed by atoms with van der Waals surface area (Å²) >= 11 is 0. The van der Waals surface area contributed by atoms with Crippen molar-refractivity contribution in [1.82, 2.24) is 4.98 Å². The van der Waals surface area contributed by atoms with Gasteiger partial charge in [-0.2, -0.15) is 0 Å². The van der Waals surface area contributed by atoms with E-state index in [4.69, 9.17) is 10.5 Å². The summed E-state index contributed by atoms with van der Waals surface area (Å²) in [6, 6.07) is 14.4. The monoisotopic (exact) mass is 379 g/mol. The number of benzene rings is 2. The summed E-state index contributed by atoms with van der Waals surface area (Å²) in [7, 11) is 1.30. The van der Waals surface area contributed by atoms with Crippen molar-refractivity contribution in [3.05, 3.63) is 66.5 Å². The second kappa shape index (κ2) is 8.96. The smallest absolute Gasteiger partial charge is 0.343 e. The molecule has 0 aliphatic rings. The van der Waals surface area contributed by atoms with Gasteiger partial charge in [-0.15, -0.1) is 0 Å². The van der Waals surface area contributed by atoms with Crippen LogP contribution in [-0.2, 0) is 14.3 Å². The highest BCUT2D eigenvalue weighted by molar-refractivity contribution is 5.98. The number of carbonyl (C=O) groups excluding carboxylic acids is 2. The summed E-state index contributed by atoms with van der Waals surface area (Å²) in [5.74, 6) is -0.662. The number of amides is 1. The van der Waals surface area contributed by atoms with E-state index in [9.17, 15) is 9.59 Å². The summed E-state index contributed by atoms with van der Waals surface area (Å²) in [5, 5.41) is 4.90. The van der Waals surface area contributed by atoms with Crippen molar-refractivity contribution in [2.24, 2.45) is 5.73 Å². The molecule has 0 aliphatic heterocycles. The van der Waals surface area contributed by atoms with E-state index < -0.39 is 11.9 Å². The van der Waals surface area contributed by atoms with Crippen molar-refractivity contribution >= 4 is 28.3 Å². The lowest BCUT2D eigenvalue weighted by atomic mass is 9.98. The number of nitrogens with zero attached hydrogens (tertiary/aromatic N) is 1. The van der Waals surface area contributed by atoms with Crippen LogP contribution in [0.1, 0.15) is 11.5 Å². The number of anilines is 1. The number of nitrogens with two attached hydrogens (primary N) is 1. The van der Waals surface area contributed by atoms with Crippen LogP contribution in [0.4, 0.5) is 5.69 Å². The van der Waals surface area contributed by atoms with Gasteiger partial charge in [0.15, 0.2) is 6.61 Å². The maximum absolute atomic E-state index is 12.7. The fraction of sp³-hybridized carbons (Fsp3) is 0.190. The van der Waals surface area contributed by atoms with Crippen molar-refractivity contribution in [1.29, 1.82) is 0 Å². The Labute approximate surface area is 162 Å². The Morgan fingerprint density at radius 3 is 2.61 bits per heavy atom. The molecule has 3 rings (SSSR count). The summed E-state index contributed by atoms with van der Waals surface area (Å²) in [6.07, 6.45) is 3.48. The molecule has 0 bridgehead atoms. The van der Waals surface area contributed by atoms with E-state index in [0.29, 0.717) is 11.4 Å². The number of hydrogen-bond donors (Lipinski definition) is 2. The number of ether oxygens (including phenoxy) is 2. The van der Waals surface area contributed by atoms with Crippen LogP contribution in [0.15, 0.2) is 60.9 Å². The molecule has 7 heteroatoms. The molecule has 1 aromatic heterocycles. The lowest BCUT2D eigenvalue weighted by Gasteiger charge is -2.16. The molecule has 0 radical (unpaired) electrons. The number of methoxy groups -OCH3 is 1. The Morgan fingerprint density at radius 1 is 1.11 bits per heavy atom. The van der Waals surface area contributed by atoms with Crippen LogP contribution in [0.3, 0.4) is 0 Å². The number of pyridine rings is 1. The third kappa shape index (κ3) is 4.63. The molecule has 1 atom stereocenters. The Balaban J connectivity index is 1.69. The molecule has 144 valence electrons. The van der Waals surface area contributed by atoms with Gasteiger partial charge in [0.25, 0.3) is 0 Å². The normalized spacial score (nSPS) is 11.6. The van der Waals surface area contributed by atoms with Gasteiger partial charge in [-0.25, -0.2) is 4.79 Å². The number of fused-ring (bicyclic) bond motifs is 1. The summed E-state index contributed by atoms with van der Waals surface area (Å²) in [4.78, 5) is 27.9. The Bertz CT molecular complexity index is 973. The first-order chi connectivity index (χ1) is 13.6. The number of nitrogens with one attached hydrogen (secondary N) is 1. The molecule has 0 fully saturated rings. The predicted molar refractivity (Wildman–Crippen MR) is 106 cm³/mol. The first kappa shape index (κ1) is 19.3. The molecule has 7 nitrogen and oxygen atoms in total. The highest BCUT2D eigenvalue weighted by Gasteiger charge is 2.19. The van der Waals surface area contributed by atoms with Gasteiger partial charge in [0.1, 0.15) is 5.75 Å². The zero-order chi connectivity index (χ0) is 19.9. The van der Waals surface area contributed by atoms with Crippen molar-refractivity contribution in [3.63, 3.8) is 0 Å². The first-order valence-corrected chi connectivity index (χ1v) is 8.75. The highest BCUT2D eigenvalue weighted by atomic mass is 16.6. The third-order valence-corrected chi connectivity index (χ3v) is 4.33. The predicted octanol–water partition coefficient (Wildman–Crippen LogP) is 2.47. The van der Waals surface area contributed by atoms with Gasteiger partial charge in [-0.1, -0.05) is 18.2 Å². The average molecular weight is 379 g/mol. The SMILES string of the molecule is COC(=O)COc1ccc(C(CN)C(=O)Nc2ccc3cnccc3c2)cc1. The minimum atomic E-state index is -0.511. The van der Waals surface area contributed by atoms with Crippen LogP contribution >= 0.6 is 0 Å². The summed E-state index contributed by atoms with van der Waals surface area (Å²) in [6.45, 7) is -0.0141. The van der Waals surface area contributed by atoms with Crippen molar-refractivity contribution in [2.75, 3.05) is 25.6 Å². The van der Waals surface area contributed by atoms with Gasteiger partial charge in [0.05, 0.1) is 13.0 Å². The third-order valence-electron chi connectivity index (χ3n) is 4.33. The quantitative estimate of drug-likeness (QED) is 0.611. The molecule has 1 unspecified atom stereocenters. The van der Waals surface area contributed by atoms with Crippen LogP contribution < -0.4 is 15.8 Å². The van der Waals surface area contributed by atoms with Gasteiger partial charge in [-0.05, 0) is 41.3 Å². The van der Waals surface area contributed by atoms with Crippen LogP contribution in [0.25, 0.3) is 10.8 Å². The van der Waals surface area contributed by atoms with Crippen LogP contribution in [0, 0.1) is 0 Å². The van der Waals surface area contributed by atoms with Gasteiger partial charge >= 0.3 is 5.97 Å². The van der Waals surface area contributed by atoms with Gasteiger partial charge < -0.3 is 20.5 Å². The summed E-state index contributed by atoms with van der Waals surface area (Å²) in [5.41, 5.74) is 7.30. The van der Waals surface area contributed by atoms with Crippen LogP contribution in [-0.4, -0.2) is 37.1 Å². The molecule has 0 saturated heterocycles. The van der Waals surface area contributed by atoms with E-state index >= 15 is 0 Å². The fourth-order valence-electron chi connectivity index (χ4n) is 2.78. The minimum absolute atomic E-state index is 0.158. The molecule has 0 spiro atoms. The average Bonchev–Trinajstić information content (AvgIpc) is 2.73. The van der Waals surface area contributed by atoms with E-state index in [-0.39, 0.29) is 19.1 Å². The van der Waals surface area contributed by atoms with Crippen LogP contribution in [0.5, 0.6) is 5.75 Å². The van der Waals surface area contributed by atoms with E-state index in [1.165, 1.54) is 7.11 Å². The fourth-order valence-corrected chi connectivity index (χ4v) is 2.78. The lowest BCUT2D eigenvalue weighted by Crippen LogP contribution is -2.27. The second-order valence-electron chi connectivity index (χ2n) is 6.15. The largest absolute Gasteiger partial charge is 0.482 e. The number of hydrogen-bond acceptors (Lipinski definition) is 6. The number of aromatic nitrogens is 1. The molecule has 1 heterocycles. The molecule has 2 aromatic carbocycles. The molecule has 0 aliphatic carbocycles. The zero-order valence-electron chi connectivity index (χ0n) is 15.4. The standard InChI is InChI=1S/C21H21N3O4/c1-27-20(25)13-28-18-6-3-14(4-7-18)19(11-22)21(26)24-17-5-2-16-12-23-9-8-15(16)10-17/h2-10,12,19H,11,13,22H2,1H3,(H,24,26). The minimum Gasteiger partial charge on any atom is -0.482 e. The first-order valence-electron chi connectivity index (χ1n) is 8.75. The van der Waals surface area contributed by atoms with E-state index in [2.05, 4.69) is 15.0 Å². The van der Waals surface area contributed by atoms with Crippen LogP contribution in [0.2, 0.25) is 0 Å². The number of carbonyl (C=O) groups is 2. The zero-order valence-corrected chi connectivity index (χ0v) is 15.4. The molecule has 1 amide bonds. The van der Waals surface area contributed by atoms with E-state index in [1.54, 1.807) is 36.7 Å². The topological polar surface area (TPSA) is 104 Å². The van der Waals surface area contributed by atoms with Gasteiger partial charge in [0, 0.05) is 30.0 Å². The number of esters is 1. The van der Waals surface area contributed by atoms with Crippen molar-refractivity contribution in [3.8, 4) is 5.75 Å². The molecule has 3 aromatic rings. The maximum atomic E-state index is 12.7. The second-order valence-corrected chi connectivity index (χ2v) is 6.15. The van der Waals surface area contributed by atoms with E-state index in [1.807, 2.05) is 24.3 Å². The highest BCUT2D eigenvalue weighted by Crippen LogP contribution is 2.23. The molecule has 28 heavy (non-hydrogen) atoms. The Kier molecular flexibility index (Phi) is 6.18. The van der Waals surface area contributed by atoms with Gasteiger partial charge in [0.2, 0.25) is 5.91 Å². The maximum Gasteiger partial charge on any atom is 0.343 e. The molecular formula is C21H21N3O4. The van der Waals surface area contributed by atoms with E-state index in [0.717, 1.165) is 16.3 Å². The lowest BCUT2D eigenvalue weighted by molar-refractivity contribution is -0.142. The van der Waals surface area contributed by atoms with Crippen molar-refractivity contribution in [2.45, 2.75) is 5.92 Å². The summed E-state index contributed by atoms with van der Waals surface area (Å²) < 4.78 is 9.84.